The van der Waals surface area contributed by atoms with Gasteiger partial charge in [-0.15, -0.1) is 0 Å². The summed E-state index contributed by atoms with van der Waals surface area (Å²) in [5.74, 6) is 0.820. The molecule has 1 aliphatic heterocycles. The number of nitrogens with one attached hydrogen (secondary N) is 2. The minimum absolute atomic E-state index is 0.0469. The van der Waals surface area contributed by atoms with Gasteiger partial charge in [-0.25, -0.2) is 0 Å². The van der Waals surface area contributed by atoms with Crippen LogP contribution >= 0.6 is 0 Å². The van der Waals surface area contributed by atoms with Gasteiger partial charge in [0.25, 0.3) is 5.91 Å². The molecular weight excluding hydrogens is 403 g/mol. The molecule has 0 aliphatic carbocycles. The van der Waals surface area contributed by atoms with Gasteiger partial charge in [0.15, 0.2) is 18.1 Å². The molecule has 0 radical (unpaired) electrons. The van der Waals surface area contributed by atoms with Crippen molar-refractivity contribution in [2.45, 2.75) is 6.18 Å². The summed E-state index contributed by atoms with van der Waals surface area (Å²) in [7, 11) is 0. The second-order valence-electron chi connectivity index (χ2n) is 6.40. The molecule has 0 spiro atoms. The summed E-state index contributed by atoms with van der Waals surface area (Å²) in [5, 5.41) is 9.44. The van der Waals surface area contributed by atoms with Crippen LogP contribution in [0.5, 0.6) is 17.2 Å². The van der Waals surface area contributed by atoms with Crippen molar-refractivity contribution in [1.82, 2.24) is 10.2 Å². The molecule has 7 nitrogen and oxygen atoms in total. The summed E-state index contributed by atoms with van der Waals surface area (Å²) in [6, 6.07) is 10.9. The number of fused-ring (bicyclic) bond motifs is 1. The number of aromatic nitrogens is 2. The van der Waals surface area contributed by atoms with Crippen molar-refractivity contribution in [3.63, 3.8) is 0 Å². The normalized spacial score (nSPS) is 13.0. The first-order chi connectivity index (χ1) is 14.4. The van der Waals surface area contributed by atoms with Crippen molar-refractivity contribution in [2.24, 2.45) is 0 Å². The van der Waals surface area contributed by atoms with Crippen molar-refractivity contribution in [1.29, 1.82) is 0 Å². The zero-order valence-electron chi connectivity index (χ0n) is 15.5. The Hall–Kier alpha value is -3.69. The van der Waals surface area contributed by atoms with Gasteiger partial charge < -0.3 is 19.5 Å². The number of nitrogens with zero attached hydrogens (tertiary/aromatic N) is 1. The number of H-pyrrole nitrogens is 1. The Bertz CT molecular complexity index is 1050. The topological polar surface area (TPSA) is 85.5 Å². The summed E-state index contributed by atoms with van der Waals surface area (Å²) in [6.07, 6.45) is -3.03. The van der Waals surface area contributed by atoms with Crippen molar-refractivity contribution in [3.05, 3.63) is 54.2 Å². The van der Waals surface area contributed by atoms with E-state index in [4.69, 9.17) is 9.47 Å². The number of anilines is 1. The Kier molecular flexibility index (Phi) is 5.21. The third-order valence-corrected chi connectivity index (χ3v) is 4.23. The van der Waals surface area contributed by atoms with E-state index in [2.05, 4.69) is 20.3 Å². The minimum atomic E-state index is -4.42. The maximum absolute atomic E-state index is 12.7. The highest BCUT2D eigenvalue weighted by Gasteiger charge is 2.28. The predicted molar refractivity (Wildman–Crippen MR) is 101 cm³/mol. The number of hydrogen-bond acceptors (Lipinski definition) is 5. The van der Waals surface area contributed by atoms with Gasteiger partial charge in [0, 0.05) is 11.3 Å². The van der Waals surface area contributed by atoms with Crippen LogP contribution in [-0.4, -0.2) is 42.1 Å². The molecule has 0 saturated heterocycles. The molecule has 2 aromatic carbocycles. The van der Waals surface area contributed by atoms with Gasteiger partial charge in [0.05, 0.1) is 17.5 Å². The number of halogens is 3. The van der Waals surface area contributed by atoms with Crippen LogP contribution in [0, 0.1) is 0 Å². The zero-order valence-corrected chi connectivity index (χ0v) is 15.5. The molecule has 156 valence electrons. The maximum atomic E-state index is 12.7. The molecule has 0 fully saturated rings. The Morgan fingerprint density at radius 3 is 2.57 bits per heavy atom. The number of amides is 1. The van der Waals surface area contributed by atoms with E-state index in [1.165, 1.54) is 30.5 Å². The number of rotatable bonds is 5. The fourth-order valence-electron chi connectivity index (χ4n) is 2.88. The molecule has 1 amide bonds. The molecule has 3 aromatic rings. The van der Waals surface area contributed by atoms with Crippen molar-refractivity contribution in [2.75, 3.05) is 25.1 Å². The van der Waals surface area contributed by atoms with Crippen molar-refractivity contribution in [3.8, 4) is 28.5 Å². The molecule has 2 N–H and O–H groups in total. The van der Waals surface area contributed by atoms with Gasteiger partial charge in [0.1, 0.15) is 19.0 Å². The van der Waals surface area contributed by atoms with Crippen LogP contribution in [0.3, 0.4) is 0 Å². The molecule has 0 bridgehead atoms. The highest BCUT2D eigenvalue weighted by Crippen LogP contribution is 2.35. The van der Waals surface area contributed by atoms with Crippen LogP contribution in [0.25, 0.3) is 11.3 Å². The predicted octanol–water partition coefficient (Wildman–Crippen LogP) is 4.04. The summed E-state index contributed by atoms with van der Waals surface area (Å²) in [4.78, 5) is 12.7. The molecule has 2 heterocycles. The van der Waals surface area contributed by atoms with Crippen LogP contribution in [0.4, 0.5) is 18.9 Å². The number of carbonyl (C=O) groups excluding carboxylic acids is 1. The monoisotopic (exact) mass is 419 g/mol. The van der Waals surface area contributed by atoms with Crippen LogP contribution in [-0.2, 0) is 0 Å². The van der Waals surface area contributed by atoms with Crippen LogP contribution < -0.4 is 19.5 Å². The van der Waals surface area contributed by atoms with Crippen LogP contribution in [0.15, 0.2) is 48.7 Å². The van der Waals surface area contributed by atoms with Gasteiger partial charge in [-0.05, 0) is 42.5 Å². The van der Waals surface area contributed by atoms with Crippen LogP contribution in [0.1, 0.15) is 10.4 Å². The highest BCUT2D eigenvalue weighted by molar-refractivity contribution is 6.08. The number of alkyl halides is 3. The smallest absolute Gasteiger partial charge is 0.422 e. The fraction of sp³-hybridized carbons (Fsp3) is 0.200. The quantitative estimate of drug-likeness (QED) is 0.652. The van der Waals surface area contributed by atoms with Crippen LogP contribution in [0.2, 0.25) is 0 Å². The first-order valence-corrected chi connectivity index (χ1v) is 8.93. The van der Waals surface area contributed by atoms with E-state index in [-0.39, 0.29) is 5.75 Å². The lowest BCUT2D eigenvalue weighted by Gasteiger charge is -2.18. The number of ether oxygens (including phenoxy) is 3. The largest absolute Gasteiger partial charge is 0.486 e. The Morgan fingerprint density at radius 1 is 1.10 bits per heavy atom. The molecular formula is C20H16F3N3O4. The lowest BCUT2D eigenvalue weighted by atomic mass is 10.1. The number of benzene rings is 2. The second kappa shape index (κ2) is 7.97. The van der Waals surface area contributed by atoms with E-state index in [9.17, 15) is 18.0 Å². The van der Waals surface area contributed by atoms with Gasteiger partial charge in [0.2, 0.25) is 0 Å². The van der Waals surface area contributed by atoms with E-state index in [0.29, 0.717) is 47.2 Å². The van der Waals surface area contributed by atoms with E-state index in [1.54, 1.807) is 18.2 Å². The van der Waals surface area contributed by atoms with E-state index < -0.39 is 18.7 Å². The molecule has 1 aliphatic rings. The Labute approximate surface area is 168 Å². The number of carbonyl (C=O) groups is 1. The van der Waals surface area contributed by atoms with Crippen molar-refractivity contribution < 1.29 is 32.2 Å². The SMILES string of the molecule is O=C(Nc1ccc(OCC(F)(F)F)cc1)c1cn[nH]c1-c1ccc2c(c1)OCCO2. The molecule has 0 atom stereocenters. The van der Waals surface area contributed by atoms with Gasteiger partial charge in [-0.3, -0.25) is 9.89 Å². The first kappa shape index (κ1) is 19.6. The number of hydrogen-bond donors (Lipinski definition) is 2. The highest BCUT2D eigenvalue weighted by atomic mass is 19.4. The van der Waals surface area contributed by atoms with E-state index in [0.717, 1.165) is 0 Å². The van der Waals surface area contributed by atoms with E-state index >= 15 is 0 Å². The molecule has 10 heteroatoms. The second-order valence-corrected chi connectivity index (χ2v) is 6.40. The summed E-state index contributed by atoms with van der Waals surface area (Å²) in [6.45, 7) is -0.466. The first-order valence-electron chi connectivity index (χ1n) is 8.93. The standard InChI is InChI=1S/C20H16F3N3O4/c21-20(22,23)11-30-14-4-2-13(3-5-14)25-19(27)15-10-24-26-18(15)12-1-6-16-17(9-12)29-8-7-28-16/h1-6,9-10H,7-8,11H2,(H,24,26)(H,25,27). The lowest BCUT2D eigenvalue weighted by molar-refractivity contribution is -0.153. The summed E-state index contributed by atoms with van der Waals surface area (Å²) < 4.78 is 52.4. The fourth-order valence-corrected chi connectivity index (χ4v) is 2.88. The summed E-state index contributed by atoms with van der Waals surface area (Å²) in [5.41, 5.74) is 1.88. The molecule has 0 unspecified atom stereocenters. The zero-order chi connectivity index (χ0) is 21.1. The lowest BCUT2D eigenvalue weighted by Crippen LogP contribution is -2.19. The average molecular weight is 419 g/mol. The third kappa shape index (κ3) is 4.48. The van der Waals surface area contributed by atoms with E-state index in [1.807, 2.05) is 0 Å². The summed E-state index contributed by atoms with van der Waals surface area (Å²) >= 11 is 0. The molecule has 30 heavy (non-hydrogen) atoms. The van der Waals surface area contributed by atoms with Gasteiger partial charge >= 0.3 is 6.18 Å². The number of aromatic amines is 1. The van der Waals surface area contributed by atoms with Gasteiger partial charge in [-0.2, -0.15) is 18.3 Å². The van der Waals surface area contributed by atoms with Crippen molar-refractivity contribution >= 4 is 11.6 Å². The Balaban J connectivity index is 1.47. The minimum Gasteiger partial charge on any atom is -0.486 e. The van der Waals surface area contributed by atoms with Gasteiger partial charge in [-0.1, -0.05) is 0 Å². The maximum Gasteiger partial charge on any atom is 0.422 e. The third-order valence-electron chi connectivity index (χ3n) is 4.23. The molecule has 0 saturated carbocycles. The molecule has 4 rings (SSSR count). The Morgan fingerprint density at radius 2 is 1.83 bits per heavy atom. The molecule has 1 aromatic heterocycles. The average Bonchev–Trinajstić information content (AvgIpc) is 3.22.